The number of hydrogen-bond donors (Lipinski definition) is 4. The number of phenols is 2. The smallest absolute Gasteiger partial charge is 0.339 e. The molecule has 1 spiro atoms. The number of thioether (sulfide) groups is 1. The van der Waals surface area contributed by atoms with Crippen LogP contribution in [0.4, 0.5) is 5.69 Å². The van der Waals surface area contributed by atoms with Crippen LogP contribution in [-0.2, 0) is 9.59 Å². The van der Waals surface area contributed by atoms with Crippen LogP contribution in [0.1, 0.15) is 61.6 Å². The lowest BCUT2D eigenvalue weighted by molar-refractivity contribution is -0.136. The van der Waals surface area contributed by atoms with Crippen LogP contribution in [0.3, 0.4) is 0 Å². The largest absolute Gasteiger partial charge is 0.506 e. The second-order valence-corrected chi connectivity index (χ2v) is 12.1. The summed E-state index contributed by atoms with van der Waals surface area (Å²) in [6.45, 7) is 8.14. The number of Topliss-reactive ketones (excluding diaryl/α,β-unsaturated/α-hetero) is 1. The number of rotatable bonds is 7. The number of anilines is 1. The van der Waals surface area contributed by atoms with Crippen molar-refractivity contribution in [3.05, 3.63) is 58.9 Å². The summed E-state index contributed by atoms with van der Waals surface area (Å²) in [6, 6.07) is 4.01. The SMILES string of the molecule is C=C1C[C@]23C=C(Sc4ccoc4C)C(=O)[C@@](C)(CCC(=O)Nc4c(O)ccc(C(=O)O)c4O)[C@@H]2C[C@H]1CC3. The van der Waals surface area contributed by atoms with Gasteiger partial charge in [-0.2, -0.15) is 0 Å². The van der Waals surface area contributed by atoms with E-state index in [1.807, 2.05) is 19.9 Å². The monoisotopic (exact) mass is 537 g/mol. The number of carbonyl (C=O) groups is 3. The first-order valence-electron chi connectivity index (χ1n) is 12.7. The molecule has 2 bridgehead atoms. The van der Waals surface area contributed by atoms with Gasteiger partial charge in [-0.3, -0.25) is 9.59 Å². The van der Waals surface area contributed by atoms with Crippen LogP contribution >= 0.6 is 11.8 Å². The summed E-state index contributed by atoms with van der Waals surface area (Å²) < 4.78 is 5.45. The van der Waals surface area contributed by atoms with Gasteiger partial charge >= 0.3 is 5.97 Å². The first kappa shape index (κ1) is 26.2. The Morgan fingerprint density at radius 2 is 2.03 bits per heavy atom. The maximum atomic E-state index is 14.1. The van der Waals surface area contributed by atoms with E-state index < -0.39 is 34.4 Å². The third-order valence-electron chi connectivity index (χ3n) is 8.79. The number of carbonyl (C=O) groups excluding carboxylic acids is 2. The molecule has 2 aromatic rings. The molecular formula is C29H31NO7S. The number of carboxylic acid groups (broad SMARTS) is 1. The van der Waals surface area contributed by atoms with E-state index in [0.717, 1.165) is 48.5 Å². The van der Waals surface area contributed by atoms with Crippen molar-refractivity contribution in [1.82, 2.24) is 0 Å². The maximum Gasteiger partial charge on any atom is 0.339 e. The molecule has 1 aromatic heterocycles. The molecule has 4 N–H and O–H groups in total. The van der Waals surface area contributed by atoms with Gasteiger partial charge in [-0.15, -0.1) is 0 Å². The number of allylic oxidation sites excluding steroid dienone is 3. The Labute approximate surface area is 224 Å². The minimum Gasteiger partial charge on any atom is -0.506 e. The van der Waals surface area contributed by atoms with Gasteiger partial charge in [0.2, 0.25) is 5.91 Å². The molecule has 3 saturated carbocycles. The number of hydrogen-bond acceptors (Lipinski definition) is 7. The topological polar surface area (TPSA) is 137 Å². The minimum absolute atomic E-state index is 0.00302. The van der Waals surface area contributed by atoms with E-state index in [1.54, 1.807) is 6.26 Å². The molecule has 0 unspecified atom stereocenters. The van der Waals surface area contributed by atoms with Gasteiger partial charge in [0.05, 0.1) is 16.1 Å². The molecule has 200 valence electrons. The van der Waals surface area contributed by atoms with E-state index in [2.05, 4.69) is 18.0 Å². The third-order valence-corrected chi connectivity index (χ3v) is 9.96. The zero-order chi connectivity index (χ0) is 27.4. The van der Waals surface area contributed by atoms with E-state index in [1.165, 1.54) is 17.3 Å². The van der Waals surface area contributed by atoms with Gasteiger partial charge in [-0.25, -0.2) is 4.79 Å². The van der Waals surface area contributed by atoms with Crippen molar-refractivity contribution < 1.29 is 34.1 Å². The van der Waals surface area contributed by atoms with Crippen LogP contribution in [0.25, 0.3) is 0 Å². The van der Waals surface area contributed by atoms with E-state index in [9.17, 15) is 29.7 Å². The summed E-state index contributed by atoms with van der Waals surface area (Å²) >= 11 is 1.41. The molecule has 8 nitrogen and oxygen atoms in total. The lowest BCUT2D eigenvalue weighted by Crippen LogP contribution is -2.55. The lowest BCUT2D eigenvalue weighted by atomic mass is 9.44. The number of aromatic carboxylic acids is 1. The molecule has 4 aliphatic carbocycles. The fourth-order valence-corrected chi connectivity index (χ4v) is 7.87. The maximum absolute atomic E-state index is 14.1. The highest BCUT2D eigenvalue weighted by Crippen LogP contribution is 2.66. The summed E-state index contributed by atoms with van der Waals surface area (Å²) in [5.74, 6) is -1.90. The van der Waals surface area contributed by atoms with Gasteiger partial charge in [0.25, 0.3) is 0 Å². The highest BCUT2D eigenvalue weighted by atomic mass is 32.2. The molecule has 0 radical (unpaired) electrons. The summed E-state index contributed by atoms with van der Waals surface area (Å²) in [5, 5.41) is 32.1. The number of nitrogens with one attached hydrogen (secondary N) is 1. The van der Waals surface area contributed by atoms with Crippen molar-refractivity contribution in [2.24, 2.45) is 22.7 Å². The fraction of sp³-hybridized carbons (Fsp3) is 0.414. The Kier molecular flexibility index (Phi) is 6.46. The molecule has 4 aliphatic rings. The van der Waals surface area contributed by atoms with Crippen molar-refractivity contribution >= 4 is 35.1 Å². The van der Waals surface area contributed by atoms with Crippen molar-refractivity contribution in [2.75, 3.05) is 5.32 Å². The van der Waals surface area contributed by atoms with Crippen LogP contribution in [0, 0.1) is 29.6 Å². The Morgan fingerprint density at radius 1 is 1.26 bits per heavy atom. The lowest BCUT2D eigenvalue weighted by Gasteiger charge is -2.59. The second-order valence-electron chi connectivity index (χ2n) is 11.0. The summed E-state index contributed by atoms with van der Waals surface area (Å²) in [6.07, 6.45) is 7.68. The number of furan rings is 1. The van der Waals surface area contributed by atoms with Gasteiger partial charge in [0.15, 0.2) is 11.5 Å². The quantitative estimate of drug-likeness (QED) is 0.248. The molecule has 0 aliphatic heterocycles. The zero-order valence-corrected chi connectivity index (χ0v) is 22.2. The van der Waals surface area contributed by atoms with Crippen LogP contribution in [-0.4, -0.2) is 33.0 Å². The Bertz CT molecular complexity index is 1390. The molecular weight excluding hydrogens is 506 g/mol. The average molecular weight is 538 g/mol. The van der Waals surface area contributed by atoms with Gasteiger partial charge in [0, 0.05) is 11.8 Å². The van der Waals surface area contributed by atoms with Crippen molar-refractivity contribution in [2.45, 2.75) is 57.3 Å². The number of carboxylic acids is 1. The molecule has 6 rings (SSSR count). The predicted octanol–water partition coefficient (Wildman–Crippen LogP) is 6.04. The normalized spacial score (nSPS) is 28.1. The molecule has 3 fully saturated rings. The van der Waals surface area contributed by atoms with Crippen LogP contribution in [0.15, 0.2) is 56.9 Å². The summed E-state index contributed by atoms with van der Waals surface area (Å²) in [5.41, 5.74) is -0.568. The first-order valence-corrected chi connectivity index (χ1v) is 13.5. The molecule has 4 atom stereocenters. The number of aryl methyl sites for hydroxylation is 1. The van der Waals surface area contributed by atoms with Crippen LogP contribution in [0.2, 0.25) is 0 Å². The fourth-order valence-electron chi connectivity index (χ4n) is 6.70. The molecule has 38 heavy (non-hydrogen) atoms. The number of ketones is 1. The van der Waals surface area contributed by atoms with Gasteiger partial charge in [0.1, 0.15) is 22.8 Å². The Balaban J connectivity index is 1.42. The third kappa shape index (κ3) is 4.22. The van der Waals surface area contributed by atoms with Gasteiger partial charge < -0.3 is 25.1 Å². The standard InChI is InChI=1S/C29H31NO7S/c1-15-13-29-10-6-17(15)12-22(29)28(3,26(34)21(14-29)38-20-8-11-37-16(20)2)9-7-23(32)30-24-19(31)5-4-18(25(24)33)27(35)36/h4-5,8,11,14,17,22,31,33H,1,6-7,9-10,12-13H2,2-3H3,(H,30,32)(H,35,36)/t17-,22+,28+,29-/m1/s1. The highest BCUT2D eigenvalue weighted by Gasteiger charge is 2.60. The molecule has 9 heteroatoms. The van der Waals surface area contributed by atoms with Crippen LogP contribution < -0.4 is 5.32 Å². The number of fused-ring (bicyclic) bond motifs is 2. The van der Waals surface area contributed by atoms with Gasteiger partial charge in [-0.1, -0.05) is 36.9 Å². The van der Waals surface area contributed by atoms with Gasteiger partial charge in [-0.05, 0) is 74.5 Å². The predicted molar refractivity (Wildman–Crippen MR) is 142 cm³/mol. The number of amides is 1. The minimum atomic E-state index is -1.39. The number of phenolic OH excluding ortho intramolecular Hbond substituents is 1. The number of aromatic hydroxyl groups is 2. The van der Waals surface area contributed by atoms with E-state index in [0.29, 0.717) is 10.8 Å². The molecule has 1 aromatic carbocycles. The Hall–Kier alpha value is -3.46. The summed E-state index contributed by atoms with van der Waals surface area (Å²) in [7, 11) is 0. The summed E-state index contributed by atoms with van der Waals surface area (Å²) in [4.78, 5) is 40.0. The van der Waals surface area contributed by atoms with Crippen molar-refractivity contribution in [3.63, 3.8) is 0 Å². The van der Waals surface area contributed by atoms with Crippen molar-refractivity contribution in [1.29, 1.82) is 0 Å². The second kappa shape index (κ2) is 9.38. The zero-order valence-electron chi connectivity index (χ0n) is 21.4. The Morgan fingerprint density at radius 3 is 2.68 bits per heavy atom. The molecule has 0 saturated heterocycles. The van der Waals surface area contributed by atoms with Crippen LogP contribution in [0.5, 0.6) is 11.5 Å². The van der Waals surface area contributed by atoms with E-state index >= 15 is 0 Å². The molecule has 1 amide bonds. The average Bonchev–Trinajstić information content (AvgIpc) is 3.27. The molecule has 1 heterocycles. The highest BCUT2D eigenvalue weighted by molar-refractivity contribution is 8.04. The van der Waals surface area contributed by atoms with Crippen molar-refractivity contribution in [3.8, 4) is 11.5 Å². The van der Waals surface area contributed by atoms with E-state index in [-0.39, 0.29) is 35.6 Å². The first-order chi connectivity index (χ1) is 17.9. The van der Waals surface area contributed by atoms with E-state index in [4.69, 9.17) is 4.42 Å². The number of benzene rings is 1.